The molecule has 0 saturated carbocycles. The number of rotatable bonds is 3. The maximum atomic E-state index is 13.6. The summed E-state index contributed by atoms with van der Waals surface area (Å²) in [5.41, 5.74) is 1.41. The van der Waals surface area contributed by atoms with E-state index in [1.165, 1.54) is 12.1 Å². The minimum absolute atomic E-state index is 0.155. The van der Waals surface area contributed by atoms with E-state index in [-0.39, 0.29) is 10.2 Å². The van der Waals surface area contributed by atoms with E-state index in [9.17, 15) is 9.65 Å². The van der Waals surface area contributed by atoms with Crippen LogP contribution in [0.2, 0.25) is 5.02 Å². The van der Waals surface area contributed by atoms with Crippen molar-refractivity contribution < 1.29 is 9.13 Å². The largest absolute Gasteiger partial charge is 0.378 e. The van der Waals surface area contributed by atoms with E-state index in [1.54, 1.807) is 31.1 Å². The molecule has 0 unspecified atom stereocenters. The number of ether oxygens (including phenoxy) is 1. The zero-order valence-corrected chi connectivity index (χ0v) is 16.9. The number of aliphatic imine (C=N–C) groups is 1. The highest BCUT2D eigenvalue weighted by Gasteiger charge is 2.33. The summed E-state index contributed by atoms with van der Waals surface area (Å²) in [6.45, 7) is 5.66. The first-order chi connectivity index (χ1) is 13.5. The Kier molecular flexibility index (Phi) is 6.35. The summed E-state index contributed by atoms with van der Waals surface area (Å²) in [6.07, 6.45) is 1.60. The Morgan fingerprint density at radius 1 is 1.36 bits per heavy atom. The molecule has 0 N–H and O–H groups in total. The van der Waals surface area contributed by atoms with Crippen LogP contribution in [0.25, 0.3) is 5.57 Å². The van der Waals surface area contributed by atoms with E-state index < -0.39 is 5.82 Å². The fourth-order valence-corrected chi connectivity index (χ4v) is 3.53. The molecule has 2 aliphatic rings. The van der Waals surface area contributed by atoms with Crippen LogP contribution in [0.1, 0.15) is 19.4 Å². The lowest BCUT2D eigenvalue weighted by molar-refractivity contribution is 0.0414. The summed E-state index contributed by atoms with van der Waals surface area (Å²) in [5, 5.41) is 15.8. The van der Waals surface area contributed by atoms with Gasteiger partial charge in [0, 0.05) is 24.9 Å². The van der Waals surface area contributed by atoms with Gasteiger partial charge in [-0.25, -0.2) is 9.38 Å². The number of benzene rings is 1. The molecular formula is C19H18Cl2FN5O. The predicted molar refractivity (Wildman–Crippen MR) is 108 cm³/mol. The molecule has 3 rings (SSSR count). The first-order valence-corrected chi connectivity index (χ1v) is 9.40. The van der Waals surface area contributed by atoms with Gasteiger partial charge in [-0.15, -0.1) is 0 Å². The van der Waals surface area contributed by atoms with Gasteiger partial charge in [-0.3, -0.25) is 0 Å². The standard InChI is InChI=1S/C19H18Cl2FN5O/c1-3-24-27-18(12(2)11-23)25-17(21)16(14-5-4-13(22)10-15(14)20)19(27)26-6-8-28-9-7-26/h3-5,10H,6-9H2,1-2H3/b18-12+,24-3-. The van der Waals surface area contributed by atoms with Gasteiger partial charge >= 0.3 is 0 Å². The molecule has 0 aromatic heterocycles. The van der Waals surface area contributed by atoms with Crippen molar-refractivity contribution in [2.24, 2.45) is 10.1 Å². The summed E-state index contributed by atoms with van der Waals surface area (Å²) in [5.74, 6) is 0.504. The Hall–Kier alpha value is -2.40. The second-order valence-corrected chi connectivity index (χ2v) is 6.84. The van der Waals surface area contributed by atoms with Crippen LogP contribution in [0.4, 0.5) is 4.39 Å². The van der Waals surface area contributed by atoms with Gasteiger partial charge in [0.25, 0.3) is 0 Å². The molecule has 1 fully saturated rings. The molecular weight excluding hydrogens is 404 g/mol. The monoisotopic (exact) mass is 421 g/mol. The molecule has 1 saturated heterocycles. The number of morpholine rings is 1. The fourth-order valence-electron chi connectivity index (χ4n) is 3.00. The zero-order valence-electron chi connectivity index (χ0n) is 15.4. The minimum Gasteiger partial charge on any atom is -0.378 e. The Labute approximate surface area is 172 Å². The van der Waals surface area contributed by atoms with Gasteiger partial charge < -0.3 is 9.64 Å². The first-order valence-electron chi connectivity index (χ1n) is 8.64. The summed E-state index contributed by atoms with van der Waals surface area (Å²) >= 11 is 12.9. The molecule has 0 spiro atoms. The SMILES string of the molecule is C/C=N\N1C(N2CCOCC2)=C(c2ccc(F)cc2Cl)C(Cl)=N/C1=C(/C)C#N. The van der Waals surface area contributed by atoms with Crippen molar-refractivity contribution in [2.75, 3.05) is 26.3 Å². The number of nitrogens with zero attached hydrogens (tertiary/aromatic N) is 5. The molecule has 2 heterocycles. The molecule has 1 aromatic carbocycles. The fraction of sp³-hybridized carbons (Fsp3) is 0.316. The average molecular weight is 422 g/mol. The molecule has 0 atom stereocenters. The summed E-state index contributed by atoms with van der Waals surface area (Å²) in [7, 11) is 0. The summed E-state index contributed by atoms with van der Waals surface area (Å²) in [4.78, 5) is 6.45. The molecule has 0 radical (unpaired) electrons. The Bertz CT molecular complexity index is 942. The number of allylic oxidation sites excluding steroid dienone is 2. The highest BCUT2D eigenvalue weighted by Crippen LogP contribution is 2.38. The van der Waals surface area contributed by atoms with Crippen LogP contribution in [0.15, 0.2) is 45.5 Å². The van der Waals surface area contributed by atoms with Crippen LogP contribution in [-0.4, -0.2) is 47.6 Å². The molecule has 28 heavy (non-hydrogen) atoms. The van der Waals surface area contributed by atoms with Gasteiger partial charge in [0.2, 0.25) is 0 Å². The molecule has 2 aliphatic heterocycles. The van der Waals surface area contributed by atoms with Gasteiger partial charge in [0.05, 0.1) is 35.5 Å². The lowest BCUT2D eigenvalue weighted by atomic mass is 10.0. The smallest absolute Gasteiger partial charge is 0.170 e. The second-order valence-electron chi connectivity index (χ2n) is 6.07. The normalized spacial score (nSPS) is 19.8. The van der Waals surface area contributed by atoms with Gasteiger partial charge in [-0.1, -0.05) is 23.2 Å². The van der Waals surface area contributed by atoms with Crippen LogP contribution in [0.5, 0.6) is 0 Å². The van der Waals surface area contributed by atoms with Crippen LogP contribution in [-0.2, 0) is 4.74 Å². The second kappa shape index (κ2) is 8.74. The Morgan fingerprint density at radius 2 is 2.07 bits per heavy atom. The summed E-state index contributed by atoms with van der Waals surface area (Å²) < 4.78 is 19.1. The molecule has 0 aliphatic carbocycles. The molecule has 0 amide bonds. The third-order valence-electron chi connectivity index (χ3n) is 4.28. The van der Waals surface area contributed by atoms with E-state index in [0.717, 1.165) is 0 Å². The van der Waals surface area contributed by atoms with Crippen molar-refractivity contribution in [3.63, 3.8) is 0 Å². The number of nitriles is 1. The van der Waals surface area contributed by atoms with Crippen LogP contribution in [0, 0.1) is 17.1 Å². The quantitative estimate of drug-likeness (QED) is 0.541. The Balaban J connectivity index is 2.31. The molecule has 9 heteroatoms. The lowest BCUT2D eigenvalue weighted by Crippen LogP contribution is -2.42. The number of halogens is 3. The molecule has 6 nitrogen and oxygen atoms in total. The van der Waals surface area contributed by atoms with Crippen molar-refractivity contribution in [3.8, 4) is 6.07 Å². The number of hydrogen-bond acceptors (Lipinski definition) is 6. The molecule has 0 bridgehead atoms. The van der Waals surface area contributed by atoms with E-state index >= 15 is 0 Å². The van der Waals surface area contributed by atoms with E-state index in [0.29, 0.717) is 54.7 Å². The van der Waals surface area contributed by atoms with E-state index in [1.807, 2.05) is 4.90 Å². The van der Waals surface area contributed by atoms with E-state index in [4.69, 9.17) is 27.9 Å². The van der Waals surface area contributed by atoms with Crippen molar-refractivity contribution in [2.45, 2.75) is 13.8 Å². The lowest BCUT2D eigenvalue weighted by Gasteiger charge is -2.39. The third-order valence-corrected chi connectivity index (χ3v) is 4.87. The third kappa shape index (κ3) is 3.90. The van der Waals surface area contributed by atoms with Gasteiger partial charge in [0.1, 0.15) is 16.8 Å². The van der Waals surface area contributed by atoms with Crippen molar-refractivity contribution in [1.82, 2.24) is 9.91 Å². The van der Waals surface area contributed by atoms with Crippen molar-refractivity contribution in [1.29, 1.82) is 5.26 Å². The van der Waals surface area contributed by atoms with Gasteiger partial charge in [-0.05, 0) is 32.0 Å². The minimum atomic E-state index is -0.449. The topological polar surface area (TPSA) is 64.2 Å². The molecule has 146 valence electrons. The van der Waals surface area contributed by atoms with E-state index in [2.05, 4.69) is 16.2 Å². The maximum absolute atomic E-state index is 13.6. The number of hydrogen-bond donors (Lipinski definition) is 0. The number of hydrazone groups is 1. The van der Waals surface area contributed by atoms with Crippen LogP contribution >= 0.6 is 23.2 Å². The van der Waals surface area contributed by atoms with Crippen LogP contribution < -0.4 is 0 Å². The first kappa shape index (κ1) is 20.3. The van der Waals surface area contributed by atoms with Crippen molar-refractivity contribution >= 4 is 40.2 Å². The maximum Gasteiger partial charge on any atom is 0.170 e. The highest BCUT2D eigenvalue weighted by atomic mass is 35.5. The highest BCUT2D eigenvalue weighted by molar-refractivity contribution is 6.76. The predicted octanol–water partition coefficient (Wildman–Crippen LogP) is 4.19. The van der Waals surface area contributed by atoms with Gasteiger partial charge in [-0.2, -0.15) is 15.4 Å². The average Bonchev–Trinajstić information content (AvgIpc) is 2.69. The van der Waals surface area contributed by atoms with Crippen LogP contribution in [0.3, 0.4) is 0 Å². The Morgan fingerprint density at radius 3 is 2.68 bits per heavy atom. The van der Waals surface area contributed by atoms with Gasteiger partial charge in [0.15, 0.2) is 5.82 Å². The summed E-state index contributed by atoms with van der Waals surface area (Å²) in [6, 6.07) is 6.20. The molecule has 1 aromatic rings. The zero-order chi connectivity index (χ0) is 20.3. The van der Waals surface area contributed by atoms with Crippen molar-refractivity contribution in [3.05, 3.63) is 51.8 Å².